The van der Waals surface area contributed by atoms with E-state index in [4.69, 9.17) is 14.2 Å². The van der Waals surface area contributed by atoms with Gasteiger partial charge in [0.1, 0.15) is 11.4 Å². The van der Waals surface area contributed by atoms with E-state index in [2.05, 4.69) is 5.18 Å². The Morgan fingerprint density at radius 3 is 2.84 bits per heavy atom. The highest BCUT2D eigenvalue weighted by Gasteiger charge is 2.32. The molecule has 5 nitrogen and oxygen atoms in total. The minimum absolute atomic E-state index is 0.140. The van der Waals surface area contributed by atoms with Gasteiger partial charge in [-0.15, -0.1) is 4.91 Å². The highest BCUT2D eigenvalue weighted by molar-refractivity contribution is 5.42. The van der Waals surface area contributed by atoms with Crippen molar-refractivity contribution in [1.29, 1.82) is 0 Å². The molecule has 1 heterocycles. The zero-order valence-corrected chi connectivity index (χ0v) is 11.1. The van der Waals surface area contributed by atoms with Gasteiger partial charge in [-0.3, -0.25) is 0 Å². The Morgan fingerprint density at radius 1 is 1.37 bits per heavy atom. The van der Waals surface area contributed by atoms with E-state index in [0.29, 0.717) is 18.0 Å². The molecule has 1 saturated heterocycles. The summed E-state index contributed by atoms with van der Waals surface area (Å²) in [6, 6.07) is 6.86. The van der Waals surface area contributed by atoms with Gasteiger partial charge >= 0.3 is 0 Å². The van der Waals surface area contributed by atoms with Gasteiger partial charge in [0, 0.05) is 32.8 Å². The van der Waals surface area contributed by atoms with Crippen LogP contribution in [-0.2, 0) is 9.47 Å². The van der Waals surface area contributed by atoms with Crippen molar-refractivity contribution in [3.63, 3.8) is 0 Å². The normalized spacial score (nSPS) is 17.9. The van der Waals surface area contributed by atoms with E-state index in [1.54, 1.807) is 25.3 Å². The van der Waals surface area contributed by atoms with Crippen LogP contribution in [0.4, 0.5) is 5.69 Å². The minimum Gasteiger partial charge on any atom is -0.493 e. The number of hydrogen-bond donors (Lipinski definition) is 0. The monoisotopic (exact) mass is 265 g/mol. The Kier molecular flexibility index (Phi) is 4.87. The maximum Gasteiger partial charge on any atom is 0.121 e. The lowest BCUT2D eigenvalue weighted by molar-refractivity contribution is -0.0983. The molecular formula is C14H19NO4. The Labute approximate surface area is 112 Å². The van der Waals surface area contributed by atoms with Crippen LogP contribution in [-0.4, -0.2) is 32.5 Å². The fourth-order valence-electron chi connectivity index (χ4n) is 2.28. The molecule has 1 aliphatic heterocycles. The van der Waals surface area contributed by atoms with Crippen molar-refractivity contribution < 1.29 is 14.2 Å². The molecule has 104 valence electrons. The molecule has 0 aliphatic carbocycles. The Hall–Kier alpha value is -1.46. The lowest BCUT2D eigenvalue weighted by Crippen LogP contribution is -2.39. The van der Waals surface area contributed by atoms with E-state index >= 15 is 0 Å². The summed E-state index contributed by atoms with van der Waals surface area (Å²) < 4.78 is 16.6. The number of nitrogens with zero attached hydrogens (tertiary/aromatic N) is 1. The van der Waals surface area contributed by atoms with Gasteiger partial charge in [0.05, 0.1) is 12.2 Å². The fourth-order valence-corrected chi connectivity index (χ4v) is 2.28. The molecule has 0 atom stereocenters. The van der Waals surface area contributed by atoms with Gasteiger partial charge in [-0.05, 0) is 30.2 Å². The van der Waals surface area contributed by atoms with Gasteiger partial charge in [-0.1, -0.05) is 6.07 Å². The summed E-state index contributed by atoms with van der Waals surface area (Å²) in [5.74, 6) is 0.662. The quantitative estimate of drug-likeness (QED) is 0.742. The number of benzene rings is 1. The van der Waals surface area contributed by atoms with Crippen LogP contribution in [0.3, 0.4) is 0 Å². The molecule has 0 bridgehead atoms. The van der Waals surface area contributed by atoms with E-state index in [0.717, 1.165) is 32.5 Å². The van der Waals surface area contributed by atoms with Gasteiger partial charge in [0.15, 0.2) is 0 Å². The number of nitroso groups, excluding NO2 is 1. The van der Waals surface area contributed by atoms with Crippen LogP contribution in [0.15, 0.2) is 29.4 Å². The Morgan fingerprint density at radius 2 is 2.16 bits per heavy atom. The first-order valence-electron chi connectivity index (χ1n) is 6.47. The van der Waals surface area contributed by atoms with Crippen LogP contribution in [0.1, 0.15) is 19.3 Å². The molecule has 0 N–H and O–H groups in total. The van der Waals surface area contributed by atoms with Crippen molar-refractivity contribution in [2.75, 3.05) is 26.9 Å². The van der Waals surface area contributed by atoms with Crippen molar-refractivity contribution in [2.24, 2.45) is 5.18 Å². The molecule has 0 aromatic heterocycles. The molecule has 0 unspecified atom stereocenters. The second-order valence-electron chi connectivity index (χ2n) is 4.69. The highest BCUT2D eigenvalue weighted by Crippen LogP contribution is 2.28. The summed E-state index contributed by atoms with van der Waals surface area (Å²) in [5.41, 5.74) is 0.240. The third-order valence-electron chi connectivity index (χ3n) is 3.59. The predicted octanol–water partition coefficient (Wildman–Crippen LogP) is 3.05. The first-order chi connectivity index (χ1) is 9.28. The number of ether oxygens (including phenoxy) is 3. The highest BCUT2D eigenvalue weighted by atomic mass is 16.5. The third kappa shape index (κ3) is 3.75. The molecule has 5 heteroatoms. The van der Waals surface area contributed by atoms with E-state index in [9.17, 15) is 4.91 Å². The van der Waals surface area contributed by atoms with Crippen molar-refractivity contribution in [3.8, 4) is 5.75 Å². The first-order valence-corrected chi connectivity index (χ1v) is 6.47. The topological polar surface area (TPSA) is 57.1 Å². The van der Waals surface area contributed by atoms with Crippen molar-refractivity contribution in [3.05, 3.63) is 29.2 Å². The van der Waals surface area contributed by atoms with Crippen LogP contribution in [0, 0.1) is 4.91 Å². The van der Waals surface area contributed by atoms with Gasteiger partial charge < -0.3 is 14.2 Å². The van der Waals surface area contributed by atoms with Crippen LogP contribution >= 0.6 is 0 Å². The molecule has 0 saturated carbocycles. The zero-order chi connectivity index (χ0) is 13.6. The average Bonchev–Trinajstić information content (AvgIpc) is 2.48. The Bertz CT molecular complexity index is 416. The van der Waals surface area contributed by atoms with Crippen molar-refractivity contribution >= 4 is 5.69 Å². The van der Waals surface area contributed by atoms with E-state index in [1.165, 1.54) is 0 Å². The summed E-state index contributed by atoms with van der Waals surface area (Å²) in [7, 11) is 1.74. The molecule has 0 amide bonds. The summed E-state index contributed by atoms with van der Waals surface area (Å²) in [5, 5.41) is 2.89. The summed E-state index contributed by atoms with van der Waals surface area (Å²) in [6.07, 6.45) is 2.59. The molecule has 2 rings (SSSR count). The maximum absolute atomic E-state index is 10.4. The number of methoxy groups -OCH3 is 1. The van der Waals surface area contributed by atoms with E-state index in [-0.39, 0.29) is 5.60 Å². The third-order valence-corrected chi connectivity index (χ3v) is 3.59. The smallest absolute Gasteiger partial charge is 0.121 e. The lowest BCUT2D eigenvalue weighted by Gasteiger charge is -2.35. The van der Waals surface area contributed by atoms with Gasteiger partial charge in [0.2, 0.25) is 0 Å². The second-order valence-corrected chi connectivity index (χ2v) is 4.69. The molecular weight excluding hydrogens is 246 g/mol. The number of hydrogen-bond acceptors (Lipinski definition) is 5. The predicted molar refractivity (Wildman–Crippen MR) is 71.8 cm³/mol. The average molecular weight is 265 g/mol. The molecule has 1 aromatic rings. The Balaban J connectivity index is 1.86. The molecule has 0 radical (unpaired) electrons. The standard InChI is InChI=1S/C14H19NO4/c1-17-14(5-8-18-9-6-14)7-10-19-13-4-2-3-12(11-13)15-16/h2-4,11H,5-10H2,1H3. The summed E-state index contributed by atoms with van der Waals surface area (Å²) in [4.78, 5) is 10.4. The maximum atomic E-state index is 10.4. The molecule has 1 aliphatic rings. The zero-order valence-electron chi connectivity index (χ0n) is 11.1. The van der Waals surface area contributed by atoms with Crippen LogP contribution < -0.4 is 4.74 Å². The number of rotatable bonds is 6. The van der Waals surface area contributed by atoms with Gasteiger partial charge in [-0.2, -0.15) is 0 Å². The molecule has 0 spiro atoms. The summed E-state index contributed by atoms with van der Waals surface area (Å²) in [6.45, 7) is 2.02. The van der Waals surface area contributed by atoms with Crippen LogP contribution in [0.5, 0.6) is 5.75 Å². The van der Waals surface area contributed by atoms with Crippen LogP contribution in [0.2, 0.25) is 0 Å². The largest absolute Gasteiger partial charge is 0.493 e. The first kappa shape index (κ1) is 14.0. The lowest BCUT2D eigenvalue weighted by atomic mass is 9.91. The summed E-state index contributed by atoms with van der Waals surface area (Å²) >= 11 is 0. The molecule has 1 aromatic carbocycles. The van der Waals surface area contributed by atoms with Crippen molar-refractivity contribution in [1.82, 2.24) is 0 Å². The second kappa shape index (κ2) is 6.63. The van der Waals surface area contributed by atoms with Crippen LogP contribution in [0.25, 0.3) is 0 Å². The SMILES string of the molecule is COC1(CCOc2cccc(N=O)c2)CCOCC1. The molecule has 1 fully saturated rings. The van der Waals surface area contributed by atoms with Gasteiger partial charge in [0.25, 0.3) is 0 Å². The minimum atomic E-state index is -0.140. The van der Waals surface area contributed by atoms with Crippen molar-refractivity contribution in [2.45, 2.75) is 24.9 Å². The van der Waals surface area contributed by atoms with E-state index < -0.39 is 0 Å². The fraction of sp³-hybridized carbons (Fsp3) is 0.571. The van der Waals surface area contributed by atoms with E-state index in [1.807, 2.05) is 6.07 Å². The molecule has 19 heavy (non-hydrogen) atoms. The van der Waals surface area contributed by atoms with Gasteiger partial charge in [-0.25, -0.2) is 0 Å².